The van der Waals surface area contributed by atoms with Crippen LogP contribution in [0, 0.1) is 0 Å². The number of rotatable bonds is 4. The fourth-order valence-corrected chi connectivity index (χ4v) is 3.18. The Labute approximate surface area is 141 Å². The van der Waals surface area contributed by atoms with Gasteiger partial charge in [0.15, 0.2) is 0 Å². The molecule has 0 saturated carbocycles. The zero-order chi connectivity index (χ0) is 16.4. The zero-order valence-electron chi connectivity index (χ0n) is 13.7. The highest BCUT2D eigenvalue weighted by atomic mass is 15.3. The van der Waals surface area contributed by atoms with E-state index < -0.39 is 0 Å². The maximum Gasteiger partial charge on any atom is 0.137 e. The summed E-state index contributed by atoms with van der Waals surface area (Å²) in [6.07, 6.45) is 11.2. The van der Waals surface area contributed by atoms with Crippen LogP contribution in [-0.4, -0.2) is 48.6 Å². The first-order valence-corrected chi connectivity index (χ1v) is 8.16. The third-order valence-electron chi connectivity index (χ3n) is 4.47. The minimum atomic E-state index is 0.284. The SMILES string of the molecule is Cn1ccnc1C1CNCCN1Cc1ccc(-n2ccnc2)nc1. The second-order valence-electron chi connectivity index (χ2n) is 6.08. The van der Waals surface area contributed by atoms with Crippen molar-refractivity contribution < 1.29 is 0 Å². The van der Waals surface area contributed by atoms with Crippen molar-refractivity contribution in [2.24, 2.45) is 7.05 Å². The molecule has 7 nitrogen and oxygen atoms in total. The Morgan fingerprint density at radius 2 is 2.17 bits per heavy atom. The molecule has 1 atom stereocenters. The van der Waals surface area contributed by atoms with Gasteiger partial charge in [-0.25, -0.2) is 15.0 Å². The molecule has 1 fully saturated rings. The largest absolute Gasteiger partial charge is 0.337 e. The number of pyridine rings is 1. The number of hydrogen-bond donors (Lipinski definition) is 1. The summed E-state index contributed by atoms with van der Waals surface area (Å²) in [5.74, 6) is 1.99. The Morgan fingerprint density at radius 3 is 2.88 bits per heavy atom. The van der Waals surface area contributed by atoms with Crippen molar-refractivity contribution in [3.63, 3.8) is 0 Å². The quantitative estimate of drug-likeness (QED) is 0.780. The van der Waals surface area contributed by atoms with E-state index in [4.69, 9.17) is 0 Å². The number of aryl methyl sites for hydroxylation is 1. The molecule has 0 radical (unpaired) electrons. The number of nitrogens with zero attached hydrogens (tertiary/aromatic N) is 6. The molecule has 3 aromatic heterocycles. The van der Waals surface area contributed by atoms with Gasteiger partial charge in [0.1, 0.15) is 18.0 Å². The third kappa shape index (κ3) is 2.95. The van der Waals surface area contributed by atoms with Crippen LogP contribution in [0.1, 0.15) is 17.4 Å². The zero-order valence-corrected chi connectivity index (χ0v) is 13.7. The van der Waals surface area contributed by atoms with Crippen LogP contribution in [0.3, 0.4) is 0 Å². The lowest BCUT2D eigenvalue weighted by Crippen LogP contribution is -2.46. The normalized spacial score (nSPS) is 18.8. The Balaban J connectivity index is 1.51. The molecule has 1 saturated heterocycles. The van der Waals surface area contributed by atoms with Crippen molar-refractivity contribution >= 4 is 0 Å². The average Bonchev–Trinajstić information content (AvgIpc) is 3.28. The summed E-state index contributed by atoms with van der Waals surface area (Å²) in [5, 5.41) is 3.47. The van der Waals surface area contributed by atoms with Crippen molar-refractivity contribution in [2.45, 2.75) is 12.6 Å². The predicted octanol–water partition coefficient (Wildman–Crippen LogP) is 1.15. The number of piperazine rings is 1. The molecule has 0 aromatic carbocycles. The van der Waals surface area contributed by atoms with Crippen LogP contribution in [0.2, 0.25) is 0 Å². The number of imidazole rings is 2. The van der Waals surface area contributed by atoms with Gasteiger partial charge in [-0.05, 0) is 11.6 Å². The molecule has 4 heterocycles. The molecular formula is C17H21N7. The lowest BCUT2D eigenvalue weighted by molar-refractivity contribution is 0.144. The van der Waals surface area contributed by atoms with Crippen LogP contribution < -0.4 is 5.32 Å². The predicted molar refractivity (Wildman–Crippen MR) is 90.6 cm³/mol. The van der Waals surface area contributed by atoms with Crippen LogP contribution in [0.4, 0.5) is 0 Å². The third-order valence-corrected chi connectivity index (χ3v) is 4.47. The highest BCUT2D eigenvalue weighted by Gasteiger charge is 2.26. The monoisotopic (exact) mass is 323 g/mol. The molecule has 7 heteroatoms. The number of nitrogens with one attached hydrogen (secondary N) is 1. The molecule has 1 N–H and O–H groups in total. The summed E-state index contributed by atoms with van der Waals surface area (Å²) in [6, 6.07) is 4.46. The molecule has 24 heavy (non-hydrogen) atoms. The van der Waals surface area contributed by atoms with E-state index in [0.717, 1.165) is 37.8 Å². The van der Waals surface area contributed by atoms with Crippen molar-refractivity contribution in [1.82, 2.24) is 34.3 Å². The molecule has 124 valence electrons. The van der Waals surface area contributed by atoms with Crippen molar-refractivity contribution in [3.8, 4) is 5.82 Å². The van der Waals surface area contributed by atoms with Gasteiger partial charge in [-0.3, -0.25) is 9.47 Å². The van der Waals surface area contributed by atoms with Crippen molar-refractivity contribution in [3.05, 3.63) is 60.8 Å². The Hall–Kier alpha value is -2.51. The Morgan fingerprint density at radius 1 is 1.21 bits per heavy atom. The first-order valence-electron chi connectivity index (χ1n) is 8.16. The van der Waals surface area contributed by atoms with E-state index >= 15 is 0 Å². The van der Waals surface area contributed by atoms with E-state index in [2.05, 4.69) is 42.8 Å². The lowest BCUT2D eigenvalue weighted by atomic mass is 10.1. The van der Waals surface area contributed by atoms with E-state index in [1.165, 1.54) is 5.56 Å². The fraction of sp³-hybridized carbons (Fsp3) is 0.353. The second-order valence-corrected chi connectivity index (χ2v) is 6.08. The van der Waals surface area contributed by atoms with E-state index in [1.54, 1.807) is 12.5 Å². The molecule has 3 aromatic rings. The Bertz CT molecular complexity index is 776. The van der Waals surface area contributed by atoms with Crippen LogP contribution in [0.25, 0.3) is 5.82 Å². The van der Waals surface area contributed by atoms with E-state index in [-0.39, 0.29) is 6.04 Å². The van der Waals surface area contributed by atoms with E-state index in [0.29, 0.717) is 0 Å². The van der Waals surface area contributed by atoms with E-state index in [1.807, 2.05) is 35.4 Å². The molecule has 1 unspecified atom stereocenters. The van der Waals surface area contributed by atoms with Gasteiger partial charge in [-0.1, -0.05) is 6.07 Å². The van der Waals surface area contributed by atoms with Crippen LogP contribution in [-0.2, 0) is 13.6 Å². The van der Waals surface area contributed by atoms with Gasteiger partial charge in [-0.2, -0.15) is 0 Å². The standard InChI is InChI=1S/C17H21N7/c1-22-7-6-20-17(22)15-11-18-4-8-23(15)12-14-2-3-16(21-10-14)24-9-5-19-13-24/h2-3,5-7,9-10,13,15,18H,4,8,11-12H2,1H3. The van der Waals surface area contributed by atoms with Gasteiger partial charge in [0.25, 0.3) is 0 Å². The molecule has 0 bridgehead atoms. The summed E-state index contributed by atoms with van der Waals surface area (Å²) < 4.78 is 4.01. The first-order chi connectivity index (χ1) is 11.8. The smallest absolute Gasteiger partial charge is 0.137 e. The maximum atomic E-state index is 4.55. The maximum absolute atomic E-state index is 4.55. The minimum Gasteiger partial charge on any atom is -0.337 e. The summed E-state index contributed by atoms with van der Waals surface area (Å²) in [5.41, 5.74) is 1.21. The van der Waals surface area contributed by atoms with Crippen molar-refractivity contribution in [2.75, 3.05) is 19.6 Å². The van der Waals surface area contributed by atoms with Gasteiger partial charge in [0, 0.05) is 64.2 Å². The fourth-order valence-electron chi connectivity index (χ4n) is 3.18. The number of hydrogen-bond acceptors (Lipinski definition) is 5. The van der Waals surface area contributed by atoms with Crippen LogP contribution in [0.15, 0.2) is 49.4 Å². The van der Waals surface area contributed by atoms with Gasteiger partial charge >= 0.3 is 0 Å². The summed E-state index contributed by atoms with van der Waals surface area (Å²) in [4.78, 5) is 15.6. The Kier molecular flexibility index (Phi) is 4.10. The van der Waals surface area contributed by atoms with E-state index in [9.17, 15) is 0 Å². The molecule has 1 aliphatic rings. The van der Waals surface area contributed by atoms with Crippen LogP contribution in [0.5, 0.6) is 0 Å². The van der Waals surface area contributed by atoms with Crippen LogP contribution >= 0.6 is 0 Å². The number of aromatic nitrogens is 5. The molecule has 4 rings (SSSR count). The molecule has 0 amide bonds. The molecule has 1 aliphatic heterocycles. The lowest BCUT2D eigenvalue weighted by Gasteiger charge is -2.35. The average molecular weight is 323 g/mol. The highest BCUT2D eigenvalue weighted by molar-refractivity contribution is 5.25. The first kappa shape index (κ1) is 15.0. The van der Waals surface area contributed by atoms with Gasteiger partial charge in [0.2, 0.25) is 0 Å². The molecule has 0 spiro atoms. The molecular weight excluding hydrogens is 302 g/mol. The van der Waals surface area contributed by atoms with Crippen molar-refractivity contribution in [1.29, 1.82) is 0 Å². The van der Waals surface area contributed by atoms with Gasteiger partial charge in [-0.15, -0.1) is 0 Å². The topological polar surface area (TPSA) is 63.8 Å². The van der Waals surface area contributed by atoms with Gasteiger partial charge < -0.3 is 9.88 Å². The summed E-state index contributed by atoms with van der Waals surface area (Å²) in [6.45, 7) is 3.80. The van der Waals surface area contributed by atoms with Gasteiger partial charge in [0.05, 0.1) is 6.04 Å². The second kappa shape index (κ2) is 6.54. The minimum absolute atomic E-state index is 0.284. The summed E-state index contributed by atoms with van der Waals surface area (Å²) in [7, 11) is 2.05. The highest BCUT2D eigenvalue weighted by Crippen LogP contribution is 2.22. The summed E-state index contributed by atoms with van der Waals surface area (Å²) >= 11 is 0. The molecule has 0 aliphatic carbocycles.